The summed E-state index contributed by atoms with van der Waals surface area (Å²) in [5.74, 6) is -2.37. The van der Waals surface area contributed by atoms with E-state index in [1.54, 1.807) is 30.3 Å². The van der Waals surface area contributed by atoms with Gasteiger partial charge in [0.2, 0.25) is 0 Å². The average molecular weight is 432 g/mol. The lowest BCUT2D eigenvalue weighted by atomic mass is 9.87. The van der Waals surface area contributed by atoms with Crippen LogP contribution in [0.25, 0.3) is 17.2 Å². The molecule has 0 fully saturated rings. The first kappa shape index (κ1) is 22.6. The number of rotatable bonds is 7. The Balaban J connectivity index is 2.27. The predicted molar refractivity (Wildman–Crippen MR) is 124 cm³/mol. The Morgan fingerprint density at radius 2 is 1.72 bits per heavy atom. The molecule has 0 aromatic heterocycles. The third-order valence-corrected chi connectivity index (χ3v) is 5.06. The van der Waals surface area contributed by atoms with Crippen LogP contribution in [-0.2, 0) is 4.79 Å². The predicted octanol–water partition coefficient (Wildman–Crippen LogP) is 6.01. The standard InChI is InChI=1S/C26H22F2N2O2/c1-2-21(22-10-9-20(27)14-23(22)28)26(18-8-11-24(30)19(13-18)15-29)17-6-3-16(4-7-17)5-12-25(31)32/h3-15,29H,2,30H2,1H3,(H,31,32)/b12-5+,26-21+,29-15?. The van der Waals surface area contributed by atoms with Crippen LogP contribution in [0.4, 0.5) is 14.5 Å². The molecule has 0 spiro atoms. The van der Waals surface area contributed by atoms with Crippen LogP contribution in [0.1, 0.15) is 41.2 Å². The summed E-state index contributed by atoms with van der Waals surface area (Å²) in [5, 5.41) is 16.5. The minimum atomic E-state index is -1.05. The summed E-state index contributed by atoms with van der Waals surface area (Å²) in [6, 6.07) is 15.9. The van der Waals surface area contributed by atoms with Gasteiger partial charge in [0.25, 0.3) is 0 Å². The number of aliphatic carboxylic acids is 1. The molecule has 0 amide bonds. The molecule has 4 nitrogen and oxygen atoms in total. The van der Waals surface area contributed by atoms with E-state index in [0.29, 0.717) is 28.8 Å². The van der Waals surface area contributed by atoms with Gasteiger partial charge in [0, 0.05) is 35.2 Å². The van der Waals surface area contributed by atoms with Crippen LogP contribution >= 0.6 is 0 Å². The van der Waals surface area contributed by atoms with Crippen molar-refractivity contribution in [1.82, 2.24) is 0 Å². The number of nitrogen functional groups attached to an aromatic ring is 1. The lowest BCUT2D eigenvalue weighted by molar-refractivity contribution is -0.131. The summed E-state index contributed by atoms with van der Waals surface area (Å²) in [5.41, 5.74) is 10.8. The van der Waals surface area contributed by atoms with Crippen LogP contribution in [0.15, 0.2) is 66.7 Å². The van der Waals surface area contributed by atoms with Crippen molar-refractivity contribution in [2.24, 2.45) is 0 Å². The van der Waals surface area contributed by atoms with Crippen LogP contribution in [0.2, 0.25) is 0 Å². The largest absolute Gasteiger partial charge is 0.478 e. The third-order valence-electron chi connectivity index (χ3n) is 5.06. The zero-order valence-corrected chi connectivity index (χ0v) is 17.4. The summed E-state index contributed by atoms with van der Waals surface area (Å²) in [6.07, 6.45) is 4.14. The highest BCUT2D eigenvalue weighted by Crippen LogP contribution is 2.36. The van der Waals surface area contributed by atoms with E-state index < -0.39 is 17.6 Å². The van der Waals surface area contributed by atoms with Gasteiger partial charge in [0.15, 0.2) is 0 Å². The van der Waals surface area contributed by atoms with Gasteiger partial charge in [-0.25, -0.2) is 13.6 Å². The van der Waals surface area contributed by atoms with Gasteiger partial charge in [-0.05, 0) is 64.6 Å². The number of carbonyl (C=O) groups is 1. The summed E-state index contributed by atoms with van der Waals surface area (Å²) in [6.45, 7) is 1.89. The van der Waals surface area contributed by atoms with Crippen molar-refractivity contribution in [3.63, 3.8) is 0 Å². The molecule has 0 atom stereocenters. The molecule has 4 N–H and O–H groups in total. The van der Waals surface area contributed by atoms with Gasteiger partial charge >= 0.3 is 5.97 Å². The quantitative estimate of drug-likeness (QED) is 0.185. The maximum Gasteiger partial charge on any atom is 0.328 e. The smallest absolute Gasteiger partial charge is 0.328 e. The van der Waals surface area contributed by atoms with Crippen molar-refractivity contribution >= 4 is 35.1 Å². The normalized spacial score (nSPS) is 12.0. The first-order valence-electron chi connectivity index (χ1n) is 9.94. The number of carboxylic acids is 1. The maximum atomic E-state index is 14.7. The lowest BCUT2D eigenvalue weighted by Gasteiger charge is -2.18. The lowest BCUT2D eigenvalue weighted by Crippen LogP contribution is -2.00. The van der Waals surface area contributed by atoms with E-state index >= 15 is 0 Å². The maximum absolute atomic E-state index is 14.7. The van der Waals surface area contributed by atoms with E-state index in [9.17, 15) is 13.6 Å². The number of hydrogen-bond acceptors (Lipinski definition) is 3. The molecule has 0 heterocycles. The molecule has 0 saturated carbocycles. The number of nitrogens with one attached hydrogen (secondary N) is 1. The molecule has 6 heteroatoms. The van der Waals surface area contributed by atoms with Crippen molar-refractivity contribution < 1.29 is 18.7 Å². The van der Waals surface area contributed by atoms with Gasteiger partial charge in [-0.3, -0.25) is 0 Å². The van der Waals surface area contributed by atoms with Crippen molar-refractivity contribution in [1.29, 1.82) is 5.41 Å². The highest BCUT2D eigenvalue weighted by Gasteiger charge is 2.17. The summed E-state index contributed by atoms with van der Waals surface area (Å²) in [4.78, 5) is 10.8. The van der Waals surface area contributed by atoms with E-state index in [2.05, 4.69) is 0 Å². The molecule has 0 radical (unpaired) electrons. The Morgan fingerprint density at radius 3 is 2.31 bits per heavy atom. The Kier molecular flexibility index (Phi) is 6.95. The number of halogens is 2. The molecular weight excluding hydrogens is 410 g/mol. The zero-order valence-electron chi connectivity index (χ0n) is 17.4. The minimum Gasteiger partial charge on any atom is -0.478 e. The highest BCUT2D eigenvalue weighted by molar-refractivity contribution is 6.00. The Morgan fingerprint density at radius 1 is 1.03 bits per heavy atom. The molecule has 0 unspecified atom stereocenters. The molecule has 162 valence electrons. The van der Waals surface area contributed by atoms with Gasteiger partial charge in [-0.15, -0.1) is 0 Å². The number of anilines is 1. The number of benzene rings is 3. The van der Waals surface area contributed by atoms with E-state index in [1.165, 1.54) is 18.2 Å². The van der Waals surface area contributed by atoms with Crippen LogP contribution in [0.5, 0.6) is 0 Å². The second-order valence-electron chi connectivity index (χ2n) is 7.11. The molecule has 3 aromatic rings. The number of allylic oxidation sites excluding steroid dienone is 1. The van der Waals surface area contributed by atoms with Crippen LogP contribution in [0, 0.1) is 17.0 Å². The molecule has 32 heavy (non-hydrogen) atoms. The Bertz CT molecular complexity index is 1230. The molecule has 0 saturated heterocycles. The van der Waals surface area contributed by atoms with Crippen molar-refractivity contribution in [3.05, 3.63) is 106 Å². The topological polar surface area (TPSA) is 87.2 Å². The van der Waals surface area contributed by atoms with Crippen molar-refractivity contribution in [3.8, 4) is 0 Å². The fourth-order valence-electron chi connectivity index (χ4n) is 3.53. The van der Waals surface area contributed by atoms with Crippen molar-refractivity contribution in [2.75, 3.05) is 5.73 Å². The Hall–Kier alpha value is -4.06. The van der Waals surface area contributed by atoms with Crippen LogP contribution in [0.3, 0.4) is 0 Å². The molecule has 3 rings (SSSR count). The van der Waals surface area contributed by atoms with E-state index in [0.717, 1.165) is 35.1 Å². The molecular formula is C26H22F2N2O2. The van der Waals surface area contributed by atoms with Crippen LogP contribution < -0.4 is 5.73 Å². The fraction of sp³-hybridized carbons (Fsp3) is 0.0769. The second kappa shape index (κ2) is 9.83. The first-order chi connectivity index (χ1) is 15.3. The number of nitrogens with two attached hydrogens (primary N) is 1. The molecule has 0 aliphatic rings. The van der Waals surface area contributed by atoms with Crippen LogP contribution in [-0.4, -0.2) is 17.3 Å². The van der Waals surface area contributed by atoms with Gasteiger partial charge in [-0.2, -0.15) is 0 Å². The van der Waals surface area contributed by atoms with E-state index in [1.807, 2.05) is 19.1 Å². The van der Waals surface area contributed by atoms with Gasteiger partial charge in [0.05, 0.1) is 0 Å². The number of hydrogen-bond donors (Lipinski definition) is 3. The SMILES string of the molecule is CC/C(=C(/c1ccc(/C=C/C(=O)O)cc1)c1ccc(N)c(C=N)c1)c1ccc(F)cc1F. The highest BCUT2D eigenvalue weighted by atomic mass is 19.1. The molecule has 0 aliphatic heterocycles. The summed E-state index contributed by atoms with van der Waals surface area (Å²) in [7, 11) is 0. The van der Waals surface area contributed by atoms with Gasteiger partial charge < -0.3 is 16.2 Å². The third kappa shape index (κ3) is 4.98. The van der Waals surface area contributed by atoms with Gasteiger partial charge in [0.1, 0.15) is 11.6 Å². The molecule has 0 aliphatic carbocycles. The monoisotopic (exact) mass is 432 g/mol. The van der Waals surface area contributed by atoms with E-state index in [-0.39, 0.29) is 5.56 Å². The average Bonchev–Trinajstić information content (AvgIpc) is 2.78. The van der Waals surface area contributed by atoms with Crippen molar-refractivity contribution in [2.45, 2.75) is 13.3 Å². The van der Waals surface area contributed by atoms with E-state index in [4.69, 9.17) is 16.2 Å². The second-order valence-corrected chi connectivity index (χ2v) is 7.11. The first-order valence-corrected chi connectivity index (χ1v) is 9.94. The molecule has 3 aromatic carbocycles. The minimum absolute atomic E-state index is 0.284. The fourth-order valence-corrected chi connectivity index (χ4v) is 3.53. The molecule has 0 bridgehead atoms. The Labute approximate surface area is 184 Å². The van der Waals surface area contributed by atoms with Gasteiger partial charge in [-0.1, -0.05) is 37.3 Å². The number of carboxylic acid groups (broad SMARTS) is 1. The summed E-state index contributed by atoms with van der Waals surface area (Å²) >= 11 is 0. The zero-order chi connectivity index (χ0) is 23.3. The summed E-state index contributed by atoms with van der Waals surface area (Å²) < 4.78 is 28.3.